The molecule has 1 aromatic heterocycles. The largest absolute Gasteiger partial charge is 0.355 e. The molecule has 7 nitrogen and oxygen atoms in total. The van der Waals surface area contributed by atoms with E-state index in [-0.39, 0.29) is 17.7 Å². The van der Waals surface area contributed by atoms with Crippen LogP contribution in [0.25, 0.3) is 0 Å². The summed E-state index contributed by atoms with van der Waals surface area (Å²) in [6, 6.07) is 0. The van der Waals surface area contributed by atoms with Gasteiger partial charge in [-0.25, -0.2) is 0 Å². The third kappa shape index (κ3) is 3.03. The van der Waals surface area contributed by atoms with E-state index in [1.165, 1.54) is 32.1 Å². The molecule has 3 aliphatic rings. The first-order valence-electron chi connectivity index (χ1n) is 9.22. The highest BCUT2D eigenvalue weighted by Gasteiger charge is 2.47. The van der Waals surface area contributed by atoms with Crippen LogP contribution in [0.3, 0.4) is 0 Å². The van der Waals surface area contributed by atoms with Crippen LogP contribution in [-0.2, 0) is 17.8 Å². The zero-order chi connectivity index (χ0) is 16.5. The second-order valence-corrected chi connectivity index (χ2v) is 7.29. The van der Waals surface area contributed by atoms with E-state index < -0.39 is 0 Å². The molecule has 2 aliphatic carbocycles. The van der Waals surface area contributed by atoms with Gasteiger partial charge in [0.1, 0.15) is 5.82 Å². The second kappa shape index (κ2) is 6.53. The molecule has 7 heteroatoms. The van der Waals surface area contributed by atoms with Gasteiger partial charge in [-0.15, -0.1) is 10.2 Å². The van der Waals surface area contributed by atoms with E-state index in [2.05, 4.69) is 20.8 Å². The van der Waals surface area contributed by atoms with Gasteiger partial charge >= 0.3 is 0 Å². The molecular weight excluding hydrogens is 306 g/mol. The number of nitrogens with one attached hydrogen (secondary N) is 2. The van der Waals surface area contributed by atoms with Crippen molar-refractivity contribution in [3.8, 4) is 0 Å². The Balaban J connectivity index is 1.25. The Bertz CT molecular complexity index is 635. The summed E-state index contributed by atoms with van der Waals surface area (Å²) >= 11 is 0. The number of carbonyl (C=O) groups excluding carboxylic acids is 2. The van der Waals surface area contributed by atoms with Crippen LogP contribution in [0, 0.1) is 17.8 Å². The van der Waals surface area contributed by atoms with Gasteiger partial charge in [0.15, 0.2) is 0 Å². The average Bonchev–Trinajstić information content (AvgIpc) is 3.31. The van der Waals surface area contributed by atoms with Gasteiger partial charge in [-0.05, 0) is 18.3 Å². The molecule has 2 unspecified atom stereocenters. The lowest BCUT2D eigenvalue weighted by molar-refractivity contribution is -0.122. The van der Waals surface area contributed by atoms with Crippen LogP contribution in [0.15, 0.2) is 0 Å². The third-order valence-corrected chi connectivity index (χ3v) is 5.73. The first-order valence-corrected chi connectivity index (χ1v) is 9.22. The summed E-state index contributed by atoms with van der Waals surface area (Å²) in [6.45, 7) is 1.87. The van der Waals surface area contributed by atoms with Crippen molar-refractivity contribution in [1.29, 1.82) is 0 Å². The van der Waals surface area contributed by atoms with Gasteiger partial charge in [-0.3, -0.25) is 9.59 Å². The summed E-state index contributed by atoms with van der Waals surface area (Å²) in [5.74, 6) is 2.80. The number of carbonyl (C=O) groups is 2. The van der Waals surface area contributed by atoms with Crippen molar-refractivity contribution < 1.29 is 9.59 Å². The Morgan fingerprint density at radius 1 is 1.25 bits per heavy atom. The van der Waals surface area contributed by atoms with E-state index in [0.717, 1.165) is 18.2 Å². The highest BCUT2D eigenvalue weighted by atomic mass is 16.2. The van der Waals surface area contributed by atoms with Crippen LogP contribution in [0.5, 0.6) is 0 Å². The van der Waals surface area contributed by atoms with E-state index in [1.54, 1.807) is 0 Å². The topological polar surface area (TPSA) is 88.9 Å². The van der Waals surface area contributed by atoms with Gasteiger partial charge in [0.25, 0.3) is 5.91 Å². The summed E-state index contributed by atoms with van der Waals surface area (Å²) in [5, 5.41) is 13.8. The molecule has 2 N–H and O–H groups in total. The molecule has 0 saturated heterocycles. The number of fused-ring (bicyclic) bond motifs is 1. The van der Waals surface area contributed by atoms with E-state index in [9.17, 15) is 9.59 Å². The number of hydrogen-bond acceptors (Lipinski definition) is 4. The molecule has 1 aliphatic heterocycles. The SMILES string of the molecule is O=C1NCCn2c(CCNC(=O)C3CC3C3CCCCC3)nnc21. The van der Waals surface area contributed by atoms with Crippen molar-refractivity contribution in [3.63, 3.8) is 0 Å². The molecule has 2 amide bonds. The minimum atomic E-state index is -0.169. The van der Waals surface area contributed by atoms with Gasteiger partial charge in [-0.2, -0.15) is 0 Å². The fourth-order valence-corrected chi connectivity index (χ4v) is 4.31. The van der Waals surface area contributed by atoms with Gasteiger partial charge in [0.2, 0.25) is 11.7 Å². The van der Waals surface area contributed by atoms with E-state index in [4.69, 9.17) is 0 Å². The maximum absolute atomic E-state index is 12.3. The molecule has 0 spiro atoms. The Morgan fingerprint density at radius 2 is 2.08 bits per heavy atom. The van der Waals surface area contributed by atoms with Crippen molar-refractivity contribution >= 4 is 11.8 Å². The Hall–Kier alpha value is -1.92. The lowest BCUT2D eigenvalue weighted by atomic mass is 9.85. The summed E-state index contributed by atoms with van der Waals surface area (Å²) in [7, 11) is 0. The fraction of sp³-hybridized carbons (Fsp3) is 0.765. The quantitative estimate of drug-likeness (QED) is 0.839. The lowest BCUT2D eigenvalue weighted by Gasteiger charge is -2.21. The average molecular weight is 331 g/mol. The summed E-state index contributed by atoms with van der Waals surface area (Å²) in [4.78, 5) is 24.0. The van der Waals surface area contributed by atoms with Crippen LogP contribution in [0.2, 0.25) is 0 Å². The zero-order valence-corrected chi connectivity index (χ0v) is 14.0. The van der Waals surface area contributed by atoms with Crippen molar-refractivity contribution in [2.75, 3.05) is 13.1 Å². The number of hydrogen-bond donors (Lipinski definition) is 2. The molecular formula is C17H25N5O2. The number of nitrogens with zero attached hydrogens (tertiary/aromatic N) is 3. The predicted octanol–water partition coefficient (Wildman–Crippen LogP) is 0.897. The molecule has 24 heavy (non-hydrogen) atoms. The molecule has 2 fully saturated rings. The van der Waals surface area contributed by atoms with Crippen LogP contribution >= 0.6 is 0 Å². The van der Waals surface area contributed by atoms with Crippen LogP contribution in [0.1, 0.15) is 55.0 Å². The first kappa shape index (κ1) is 15.6. The zero-order valence-electron chi connectivity index (χ0n) is 14.0. The predicted molar refractivity (Wildman–Crippen MR) is 87.2 cm³/mol. The molecule has 0 radical (unpaired) electrons. The van der Waals surface area contributed by atoms with Crippen molar-refractivity contribution in [2.45, 2.75) is 51.5 Å². The molecule has 1 aromatic rings. The van der Waals surface area contributed by atoms with E-state index in [0.29, 0.717) is 37.8 Å². The molecule has 0 aromatic carbocycles. The minimum absolute atomic E-state index is 0.169. The summed E-state index contributed by atoms with van der Waals surface area (Å²) in [6.07, 6.45) is 8.33. The summed E-state index contributed by atoms with van der Waals surface area (Å²) < 4.78 is 1.85. The van der Waals surface area contributed by atoms with Gasteiger partial charge in [0, 0.05) is 32.0 Å². The first-order chi connectivity index (χ1) is 11.7. The molecule has 0 bridgehead atoms. The second-order valence-electron chi connectivity index (χ2n) is 7.29. The minimum Gasteiger partial charge on any atom is -0.355 e. The van der Waals surface area contributed by atoms with Gasteiger partial charge in [-0.1, -0.05) is 32.1 Å². The Kier molecular flexibility index (Phi) is 4.24. The van der Waals surface area contributed by atoms with Gasteiger partial charge < -0.3 is 15.2 Å². The van der Waals surface area contributed by atoms with Crippen molar-refractivity contribution in [1.82, 2.24) is 25.4 Å². The highest BCUT2D eigenvalue weighted by Crippen LogP contribution is 2.49. The summed E-state index contributed by atoms with van der Waals surface area (Å²) in [5.41, 5.74) is 0. The number of aromatic nitrogens is 3. The maximum Gasteiger partial charge on any atom is 0.289 e. The third-order valence-electron chi connectivity index (χ3n) is 5.73. The van der Waals surface area contributed by atoms with E-state index in [1.807, 2.05) is 4.57 Å². The van der Waals surface area contributed by atoms with Crippen molar-refractivity contribution in [2.24, 2.45) is 17.8 Å². The highest BCUT2D eigenvalue weighted by molar-refractivity contribution is 5.91. The Labute approximate surface area is 141 Å². The van der Waals surface area contributed by atoms with Crippen LogP contribution in [-0.4, -0.2) is 39.7 Å². The fourth-order valence-electron chi connectivity index (χ4n) is 4.31. The van der Waals surface area contributed by atoms with Crippen LogP contribution < -0.4 is 10.6 Å². The molecule has 2 saturated carbocycles. The number of rotatable bonds is 5. The monoisotopic (exact) mass is 331 g/mol. The molecule has 4 rings (SSSR count). The van der Waals surface area contributed by atoms with E-state index >= 15 is 0 Å². The molecule has 2 atom stereocenters. The normalized spacial score (nSPS) is 26.6. The molecule has 130 valence electrons. The Morgan fingerprint density at radius 3 is 2.92 bits per heavy atom. The maximum atomic E-state index is 12.3. The molecule has 2 heterocycles. The number of amides is 2. The van der Waals surface area contributed by atoms with Crippen LogP contribution in [0.4, 0.5) is 0 Å². The van der Waals surface area contributed by atoms with Gasteiger partial charge in [0.05, 0.1) is 0 Å². The standard InChI is InChI=1S/C17H25N5O2/c23-16(13-10-12(13)11-4-2-1-3-5-11)18-7-6-14-20-21-15-17(24)19-8-9-22(14)15/h11-13H,1-10H2,(H,18,23)(H,19,24). The smallest absolute Gasteiger partial charge is 0.289 e. The van der Waals surface area contributed by atoms with Crippen molar-refractivity contribution in [3.05, 3.63) is 11.6 Å². The lowest BCUT2D eigenvalue weighted by Crippen LogP contribution is -2.36.